The number of likely N-dealkylation sites (N-methyl/N-ethyl adjacent to an activating group) is 1. The summed E-state index contributed by atoms with van der Waals surface area (Å²) in [5.74, 6) is 1.30. The van der Waals surface area contributed by atoms with E-state index >= 15 is 0 Å². The van der Waals surface area contributed by atoms with Gasteiger partial charge in [-0.25, -0.2) is 9.97 Å². The number of aromatic nitrogens is 2. The van der Waals surface area contributed by atoms with Crippen molar-refractivity contribution in [2.24, 2.45) is 0 Å². The fourth-order valence-electron chi connectivity index (χ4n) is 1.04. The van der Waals surface area contributed by atoms with Gasteiger partial charge in [0.25, 0.3) is 0 Å². The zero-order valence-electron chi connectivity index (χ0n) is 9.54. The van der Waals surface area contributed by atoms with Crippen LogP contribution in [0.15, 0.2) is 6.07 Å². The van der Waals surface area contributed by atoms with Crippen molar-refractivity contribution < 1.29 is 4.79 Å². The number of hydrogen-bond donors (Lipinski definition) is 2. The monoisotopic (exact) mass is 242 g/mol. The van der Waals surface area contributed by atoms with Gasteiger partial charge in [-0.1, -0.05) is 25.4 Å². The van der Waals surface area contributed by atoms with Crippen LogP contribution in [0.5, 0.6) is 0 Å². The minimum absolute atomic E-state index is 0.110. The molecule has 1 aromatic heterocycles. The Hall–Kier alpha value is -1.36. The fraction of sp³-hybridized carbons (Fsp3) is 0.500. The van der Waals surface area contributed by atoms with Crippen molar-refractivity contribution in [1.82, 2.24) is 15.3 Å². The summed E-state index contributed by atoms with van der Waals surface area (Å²) in [6, 6.07) is 1.59. The molecule has 0 bridgehead atoms. The molecule has 0 fully saturated rings. The highest BCUT2D eigenvalue weighted by Crippen LogP contribution is 2.16. The van der Waals surface area contributed by atoms with Crippen molar-refractivity contribution in [3.05, 3.63) is 17.0 Å². The van der Waals surface area contributed by atoms with E-state index in [4.69, 9.17) is 11.6 Å². The average Bonchev–Trinajstić information content (AvgIpc) is 2.25. The van der Waals surface area contributed by atoms with E-state index in [2.05, 4.69) is 20.6 Å². The lowest BCUT2D eigenvalue weighted by atomic mass is 10.2. The zero-order valence-corrected chi connectivity index (χ0v) is 10.3. The van der Waals surface area contributed by atoms with E-state index in [1.54, 1.807) is 13.1 Å². The number of carbonyl (C=O) groups excluding carboxylic acids is 1. The van der Waals surface area contributed by atoms with Crippen LogP contribution < -0.4 is 10.6 Å². The van der Waals surface area contributed by atoms with Crippen LogP contribution in [-0.2, 0) is 4.79 Å². The van der Waals surface area contributed by atoms with Gasteiger partial charge in [0, 0.05) is 19.0 Å². The van der Waals surface area contributed by atoms with Gasteiger partial charge in [-0.2, -0.15) is 0 Å². The molecule has 0 atom stereocenters. The minimum atomic E-state index is -0.110. The summed E-state index contributed by atoms with van der Waals surface area (Å²) in [6.07, 6.45) is 0. The van der Waals surface area contributed by atoms with Gasteiger partial charge in [-0.15, -0.1) is 0 Å². The van der Waals surface area contributed by atoms with Gasteiger partial charge >= 0.3 is 0 Å². The van der Waals surface area contributed by atoms with Crippen molar-refractivity contribution in [2.75, 3.05) is 18.9 Å². The number of hydrogen-bond acceptors (Lipinski definition) is 4. The normalized spacial score (nSPS) is 10.3. The Morgan fingerprint density at radius 3 is 2.75 bits per heavy atom. The Bertz CT molecular complexity index is 381. The van der Waals surface area contributed by atoms with Gasteiger partial charge in [-0.05, 0) is 0 Å². The van der Waals surface area contributed by atoms with Crippen LogP contribution in [0.25, 0.3) is 0 Å². The molecule has 0 aliphatic heterocycles. The van der Waals surface area contributed by atoms with Crippen molar-refractivity contribution in [2.45, 2.75) is 19.8 Å². The third kappa shape index (κ3) is 3.66. The molecule has 1 aromatic rings. The van der Waals surface area contributed by atoms with E-state index in [-0.39, 0.29) is 18.4 Å². The van der Waals surface area contributed by atoms with Crippen LogP contribution >= 0.6 is 11.6 Å². The van der Waals surface area contributed by atoms with E-state index in [0.29, 0.717) is 16.8 Å². The maximum absolute atomic E-state index is 11.0. The molecular weight excluding hydrogens is 228 g/mol. The van der Waals surface area contributed by atoms with E-state index in [1.807, 2.05) is 13.8 Å². The Labute approximate surface area is 99.6 Å². The molecule has 0 aromatic carbocycles. The lowest BCUT2D eigenvalue weighted by Gasteiger charge is -2.08. The van der Waals surface area contributed by atoms with Crippen LogP contribution in [0, 0.1) is 0 Å². The SMILES string of the molecule is CNC(=O)CNc1cc(Cl)nc(C(C)C)n1. The summed E-state index contributed by atoms with van der Waals surface area (Å²) < 4.78 is 0. The van der Waals surface area contributed by atoms with Crippen LogP contribution in [0.1, 0.15) is 25.6 Å². The van der Waals surface area contributed by atoms with Crippen molar-refractivity contribution >= 4 is 23.3 Å². The largest absolute Gasteiger partial charge is 0.361 e. The molecule has 5 nitrogen and oxygen atoms in total. The molecule has 2 N–H and O–H groups in total. The smallest absolute Gasteiger partial charge is 0.239 e. The summed E-state index contributed by atoms with van der Waals surface area (Å²) in [5, 5.41) is 5.77. The number of amides is 1. The Kier molecular flexibility index (Phi) is 4.49. The molecule has 6 heteroatoms. The first-order valence-corrected chi connectivity index (χ1v) is 5.39. The number of carbonyl (C=O) groups is 1. The molecule has 0 radical (unpaired) electrons. The molecule has 16 heavy (non-hydrogen) atoms. The van der Waals surface area contributed by atoms with Crippen molar-refractivity contribution in [3.8, 4) is 0 Å². The summed E-state index contributed by atoms with van der Waals surface area (Å²) in [4.78, 5) is 19.4. The highest BCUT2D eigenvalue weighted by molar-refractivity contribution is 6.29. The van der Waals surface area contributed by atoms with Gasteiger partial charge in [0.15, 0.2) is 0 Å². The summed E-state index contributed by atoms with van der Waals surface area (Å²) >= 11 is 5.85. The van der Waals surface area contributed by atoms with E-state index in [1.165, 1.54) is 0 Å². The van der Waals surface area contributed by atoms with Crippen molar-refractivity contribution in [1.29, 1.82) is 0 Å². The second-order valence-corrected chi connectivity index (χ2v) is 4.00. The maximum atomic E-state index is 11.0. The number of nitrogens with one attached hydrogen (secondary N) is 2. The molecule has 0 saturated carbocycles. The molecule has 88 valence electrons. The van der Waals surface area contributed by atoms with Gasteiger partial charge in [0.1, 0.15) is 16.8 Å². The molecule has 0 aliphatic rings. The fourth-order valence-corrected chi connectivity index (χ4v) is 1.23. The van der Waals surface area contributed by atoms with E-state index in [9.17, 15) is 4.79 Å². The molecule has 0 spiro atoms. The standard InChI is InChI=1S/C10H15ClN4O/c1-6(2)10-14-7(11)4-8(15-10)13-5-9(16)12-3/h4,6H,5H2,1-3H3,(H,12,16)(H,13,14,15). The van der Waals surface area contributed by atoms with Crippen LogP contribution in [-0.4, -0.2) is 29.5 Å². The topological polar surface area (TPSA) is 66.9 Å². The molecule has 0 unspecified atom stereocenters. The first-order valence-electron chi connectivity index (χ1n) is 5.02. The minimum Gasteiger partial charge on any atom is -0.361 e. The highest BCUT2D eigenvalue weighted by atomic mass is 35.5. The third-order valence-corrected chi connectivity index (χ3v) is 2.13. The van der Waals surface area contributed by atoms with Gasteiger partial charge in [0.2, 0.25) is 5.91 Å². The second-order valence-electron chi connectivity index (χ2n) is 3.62. The van der Waals surface area contributed by atoms with Gasteiger partial charge < -0.3 is 10.6 Å². The molecule has 1 amide bonds. The summed E-state index contributed by atoms with van der Waals surface area (Å²) in [7, 11) is 1.58. The van der Waals surface area contributed by atoms with Crippen molar-refractivity contribution in [3.63, 3.8) is 0 Å². The predicted molar refractivity (Wildman–Crippen MR) is 63.7 cm³/mol. The quantitative estimate of drug-likeness (QED) is 0.784. The Balaban J connectivity index is 2.76. The van der Waals surface area contributed by atoms with Crippen LogP contribution in [0.3, 0.4) is 0 Å². The third-order valence-electron chi connectivity index (χ3n) is 1.94. The summed E-state index contributed by atoms with van der Waals surface area (Å²) in [6.45, 7) is 4.13. The molecule has 0 aliphatic carbocycles. The first-order chi connectivity index (χ1) is 7.52. The molecule has 1 rings (SSSR count). The average molecular weight is 243 g/mol. The number of halogens is 1. The number of rotatable bonds is 4. The Morgan fingerprint density at radius 2 is 2.19 bits per heavy atom. The van der Waals surface area contributed by atoms with Gasteiger partial charge in [-0.3, -0.25) is 4.79 Å². The lowest BCUT2D eigenvalue weighted by molar-refractivity contribution is -0.118. The lowest BCUT2D eigenvalue weighted by Crippen LogP contribution is -2.26. The summed E-state index contributed by atoms with van der Waals surface area (Å²) in [5.41, 5.74) is 0. The number of anilines is 1. The zero-order chi connectivity index (χ0) is 12.1. The maximum Gasteiger partial charge on any atom is 0.239 e. The molecule has 0 saturated heterocycles. The highest BCUT2D eigenvalue weighted by Gasteiger charge is 2.07. The Morgan fingerprint density at radius 1 is 1.50 bits per heavy atom. The molecular formula is C10H15ClN4O. The van der Waals surface area contributed by atoms with Crippen LogP contribution in [0.2, 0.25) is 5.15 Å². The van der Waals surface area contributed by atoms with Crippen LogP contribution in [0.4, 0.5) is 5.82 Å². The second kappa shape index (κ2) is 5.65. The first kappa shape index (κ1) is 12.7. The van der Waals surface area contributed by atoms with Gasteiger partial charge in [0.05, 0.1) is 6.54 Å². The molecule has 1 heterocycles. The number of nitrogens with zero attached hydrogens (tertiary/aromatic N) is 2. The van der Waals surface area contributed by atoms with E-state index in [0.717, 1.165) is 0 Å². The predicted octanol–water partition coefficient (Wildman–Crippen LogP) is 1.41. The van der Waals surface area contributed by atoms with E-state index < -0.39 is 0 Å².